The number of likely N-dealkylation sites (tertiary alicyclic amines) is 1. The molecule has 1 rings (SSSR count). The molecule has 6 nitrogen and oxygen atoms in total. The molecule has 1 amide bonds. The van der Waals surface area contributed by atoms with E-state index in [9.17, 15) is 4.79 Å². The molecule has 0 aromatic rings. The molecule has 0 bridgehead atoms. The highest BCUT2D eigenvalue weighted by molar-refractivity contribution is 5.68. The Hall–Kier alpha value is -1.90. The Bertz CT molecular complexity index is 424. The number of allylic oxidation sites excluding steroid dienone is 2. The van der Waals surface area contributed by atoms with Crippen LogP contribution in [0.1, 0.15) is 33.6 Å². The lowest BCUT2D eigenvalue weighted by atomic mass is 9.94. The minimum atomic E-state index is -0.489. The summed E-state index contributed by atoms with van der Waals surface area (Å²) in [5.41, 5.74) is 5.25. The molecular weight excluding hydrogens is 258 g/mol. The zero-order valence-corrected chi connectivity index (χ0v) is 12.6. The lowest BCUT2D eigenvalue weighted by Crippen LogP contribution is -2.42. The molecule has 0 aromatic heterocycles. The molecule has 1 aliphatic rings. The van der Waals surface area contributed by atoms with Crippen LogP contribution in [0, 0.1) is 17.2 Å². The summed E-state index contributed by atoms with van der Waals surface area (Å²) in [6.07, 6.45) is 1.13. The Labute approximate surface area is 120 Å². The number of hydrogen-bond acceptors (Lipinski definition) is 5. The zero-order valence-electron chi connectivity index (χ0n) is 12.6. The lowest BCUT2D eigenvalue weighted by Gasteiger charge is -2.33. The van der Waals surface area contributed by atoms with Crippen LogP contribution in [0.25, 0.3) is 0 Å². The van der Waals surface area contributed by atoms with Gasteiger partial charge in [0.1, 0.15) is 23.1 Å². The van der Waals surface area contributed by atoms with Crippen molar-refractivity contribution in [2.75, 3.05) is 20.2 Å². The predicted molar refractivity (Wildman–Crippen MR) is 74.4 cm³/mol. The van der Waals surface area contributed by atoms with E-state index in [1.807, 2.05) is 26.8 Å². The average Bonchev–Trinajstić information content (AvgIpc) is 2.38. The standard InChI is InChI=1S/C14H23N3O3/c1-14(2,3)20-13(18)17-7-5-10(6-8-17)12(19-4)11(16)9-15/h10H,5-8,16H2,1-4H3/b12-11+. The topological polar surface area (TPSA) is 88.6 Å². The number of nitrogens with two attached hydrogens (primary N) is 1. The molecular formula is C14H23N3O3. The van der Waals surface area contributed by atoms with Crippen LogP contribution in [0.5, 0.6) is 0 Å². The van der Waals surface area contributed by atoms with E-state index >= 15 is 0 Å². The predicted octanol–water partition coefficient (Wildman–Crippen LogP) is 1.97. The highest BCUT2D eigenvalue weighted by atomic mass is 16.6. The van der Waals surface area contributed by atoms with Crippen molar-refractivity contribution in [3.05, 3.63) is 11.5 Å². The van der Waals surface area contributed by atoms with Gasteiger partial charge in [0.05, 0.1) is 7.11 Å². The molecule has 0 aromatic carbocycles. The summed E-state index contributed by atoms with van der Waals surface area (Å²) in [5, 5.41) is 8.84. The van der Waals surface area contributed by atoms with Gasteiger partial charge < -0.3 is 20.1 Å². The first-order valence-corrected chi connectivity index (χ1v) is 6.70. The molecule has 1 aliphatic heterocycles. The number of carbonyl (C=O) groups is 1. The molecule has 0 radical (unpaired) electrons. The number of ether oxygens (including phenoxy) is 2. The minimum absolute atomic E-state index is 0.0818. The molecule has 0 unspecified atom stereocenters. The maximum atomic E-state index is 11.9. The largest absolute Gasteiger partial charge is 0.498 e. The van der Waals surface area contributed by atoms with Crippen LogP contribution in [0.4, 0.5) is 4.79 Å². The minimum Gasteiger partial charge on any atom is -0.498 e. The van der Waals surface area contributed by atoms with Crippen molar-refractivity contribution < 1.29 is 14.3 Å². The molecule has 2 N–H and O–H groups in total. The summed E-state index contributed by atoms with van der Waals surface area (Å²) >= 11 is 0. The summed E-state index contributed by atoms with van der Waals surface area (Å²) in [7, 11) is 1.51. The van der Waals surface area contributed by atoms with E-state index in [-0.39, 0.29) is 17.7 Å². The van der Waals surface area contributed by atoms with E-state index in [0.717, 1.165) is 0 Å². The van der Waals surface area contributed by atoms with Crippen molar-refractivity contribution in [1.82, 2.24) is 4.90 Å². The van der Waals surface area contributed by atoms with E-state index < -0.39 is 5.60 Å². The molecule has 1 saturated heterocycles. The van der Waals surface area contributed by atoms with Gasteiger partial charge in [-0.25, -0.2) is 4.79 Å². The third-order valence-electron chi connectivity index (χ3n) is 3.12. The van der Waals surface area contributed by atoms with Crippen molar-refractivity contribution in [1.29, 1.82) is 5.26 Å². The molecule has 0 aliphatic carbocycles. The van der Waals surface area contributed by atoms with Crippen molar-refractivity contribution in [3.63, 3.8) is 0 Å². The fourth-order valence-corrected chi connectivity index (χ4v) is 2.20. The molecule has 0 atom stereocenters. The SMILES string of the molecule is CO/C(=C(/N)C#N)C1CCN(C(=O)OC(C)(C)C)CC1. The van der Waals surface area contributed by atoms with Gasteiger partial charge in [-0.05, 0) is 33.6 Å². The molecule has 112 valence electrons. The Kier molecular flexibility index (Phi) is 5.26. The summed E-state index contributed by atoms with van der Waals surface area (Å²) in [6, 6.07) is 1.91. The summed E-state index contributed by atoms with van der Waals surface area (Å²) < 4.78 is 10.6. The first kappa shape index (κ1) is 16.2. The Morgan fingerprint density at radius 3 is 2.30 bits per heavy atom. The number of carbonyl (C=O) groups excluding carboxylic acids is 1. The van der Waals surface area contributed by atoms with Crippen LogP contribution in [0.2, 0.25) is 0 Å². The second kappa shape index (κ2) is 6.51. The Morgan fingerprint density at radius 1 is 1.35 bits per heavy atom. The lowest BCUT2D eigenvalue weighted by molar-refractivity contribution is 0.0177. The number of amides is 1. The van der Waals surface area contributed by atoms with Crippen molar-refractivity contribution in [3.8, 4) is 6.07 Å². The van der Waals surface area contributed by atoms with Crippen LogP contribution in [-0.4, -0.2) is 36.8 Å². The summed E-state index contributed by atoms with van der Waals surface area (Å²) in [4.78, 5) is 13.6. The third-order valence-corrected chi connectivity index (χ3v) is 3.12. The number of hydrogen-bond donors (Lipinski definition) is 1. The van der Waals surface area contributed by atoms with Gasteiger partial charge in [0.25, 0.3) is 0 Å². The number of methoxy groups -OCH3 is 1. The van der Waals surface area contributed by atoms with Crippen LogP contribution < -0.4 is 5.73 Å². The van der Waals surface area contributed by atoms with Gasteiger partial charge in [-0.2, -0.15) is 5.26 Å². The normalized spacial score (nSPS) is 18.1. The van der Waals surface area contributed by atoms with E-state index in [1.165, 1.54) is 7.11 Å². The van der Waals surface area contributed by atoms with Crippen molar-refractivity contribution in [2.45, 2.75) is 39.2 Å². The molecule has 0 spiro atoms. The maximum Gasteiger partial charge on any atom is 0.410 e. The smallest absolute Gasteiger partial charge is 0.410 e. The van der Waals surface area contributed by atoms with E-state index in [0.29, 0.717) is 31.7 Å². The molecule has 1 heterocycles. The summed E-state index contributed by atoms with van der Waals surface area (Å²) in [6.45, 7) is 6.68. The molecule has 20 heavy (non-hydrogen) atoms. The first-order chi connectivity index (χ1) is 9.28. The van der Waals surface area contributed by atoms with Gasteiger partial charge in [0, 0.05) is 19.0 Å². The van der Waals surface area contributed by atoms with E-state index in [4.69, 9.17) is 20.5 Å². The van der Waals surface area contributed by atoms with E-state index in [1.54, 1.807) is 4.90 Å². The number of nitrogens with zero attached hydrogens (tertiary/aromatic N) is 2. The van der Waals surface area contributed by atoms with Gasteiger partial charge in [-0.15, -0.1) is 0 Å². The maximum absolute atomic E-state index is 11.9. The average molecular weight is 281 g/mol. The number of nitriles is 1. The Morgan fingerprint density at radius 2 is 1.90 bits per heavy atom. The molecule has 0 saturated carbocycles. The quantitative estimate of drug-likeness (QED) is 0.617. The van der Waals surface area contributed by atoms with Gasteiger partial charge in [0.15, 0.2) is 0 Å². The number of rotatable bonds is 2. The summed E-state index contributed by atoms with van der Waals surface area (Å²) in [5.74, 6) is 0.606. The van der Waals surface area contributed by atoms with Gasteiger partial charge >= 0.3 is 6.09 Å². The Balaban J connectivity index is 2.60. The van der Waals surface area contributed by atoms with Crippen molar-refractivity contribution >= 4 is 6.09 Å². The third kappa shape index (κ3) is 4.34. The van der Waals surface area contributed by atoms with Crippen molar-refractivity contribution in [2.24, 2.45) is 11.7 Å². The fraction of sp³-hybridized carbons (Fsp3) is 0.714. The zero-order chi connectivity index (χ0) is 15.3. The van der Waals surface area contributed by atoms with Gasteiger partial charge in [-0.3, -0.25) is 0 Å². The van der Waals surface area contributed by atoms with E-state index in [2.05, 4.69) is 0 Å². The highest BCUT2D eigenvalue weighted by Gasteiger charge is 2.29. The highest BCUT2D eigenvalue weighted by Crippen LogP contribution is 2.27. The fourth-order valence-electron chi connectivity index (χ4n) is 2.20. The van der Waals surface area contributed by atoms with Crippen LogP contribution in [0.3, 0.4) is 0 Å². The van der Waals surface area contributed by atoms with Crippen LogP contribution in [-0.2, 0) is 9.47 Å². The van der Waals surface area contributed by atoms with Crippen LogP contribution >= 0.6 is 0 Å². The molecule has 6 heteroatoms. The van der Waals surface area contributed by atoms with Crippen LogP contribution in [0.15, 0.2) is 11.5 Å². The molecule has 1 fully saturated rings. The first-order valence-electron chi connectivity index (χ1n) is 6.70. The second-order valence-corrected chi connectivity index (χ2v) is 5.84. The number of piperidine rings is 1. The van der Waals surface area contributed by atoms with Gasteiger partial charge in [-0.1, -0.05) is 0 Å². The second-order valence-electron chi connectivity index (χ2n) is 5.84. The monoisotopic (exact) mass is 281 g/mol. The van der Waals surface area contributed by atoms with Gasteiger partial charge in [0.2, 0.25) is 0 Å².